The van der Waals surface area contributed by atoms with Crippen LogP contribution in [0, 0.1) is 6.92 Å². The number of nitrogens with one attached hydrogen (secondary N) is 3. The van der Waals surface area contributed by atoms with Crippen molar-refractivity contribution in [1.29, 1.82) is 0 Å². The summed E-state index contributed by atoms with van der Waals surface area (Å²) in [6.45, 7) is 6.01. The molecule has 0 amide bonds. The van der Waals surface area contributed by atoms with Crippen LogP contribution in [0.1, 0.15) is 19.5 Å². The highest BCUT2D eigenvalue weighted by Gasteiger charge is 2.19. The lowest BCUT2D eigenvalue weighted by Crippen LogP contribution is -2.10. The van der Waals surface area contributed by atoms with Crippen LogP contribution in [-0.2, 0) is 9.84 Å². The predicted octanol–water partition coefficient (Wildman–Crippen LogP) is 3.12. The van der Waals surface area contributed by atoms with Gasteiger partial charge in [-0.1, -0.05) is 32.0 Å². The van der Waals surface area contributed by atoms with Gasteiger partial charge in [0, 0.05) is 24.4 Å². The number of aliphatic hydroxyl groups excluding tert-OH is 1. The maximum Gasteiger partial charge on any atom is 0.206 e. The lowest BCUT2D eigenvalue weighted by molar-refractivity contribution is 0.311. The van der Waals surface area contributed by atoms with Crippen LogP contribution in [0.15, 0.2) is 58.3 Å². The smallest absolute Gasteiger partial charge is 0.206 e. The molecule has 0 radical (unpaired) electrons. The first kappa shape index (κ1) is 21.4. The number of aryl methyl sites for hydroxylation is 1. The van der Waals surface area contributed by atoms with Gasteiger partial charge in [0.25, 0.3) is 0 Å². The fourth-order valence-electron chi connectivity index (χ4n) is 2.35. The van der Waals surface area contributed by atoms with E-state index in [1.807, 2.05) is 20.8 Å². The molecule has 0 atom stereocenters. The third-order valence-corrected chi connectivity index (χ3v) is 5.29. The van der Waals surface area contributed by atoms with Gasteiger partial charge < -0.3 is 15.7 Å². The third kappa shape index (κ3) is 5.30. The second kappa shape index (κ2) is 9.86. The van der Waals surface area contributed by atoms with E-state index in [1.54, 1.807) is 36.4 Å². The largest absolute Gasteiger partial charge is 0.395 e. The molecule has 1 aromatic carbocycles. The van der Waals surface area contributed by atoms with E-state index in [1.165, 1.54) is 12.1 Å². The van der Waals surface area contributed by atoms with Gasteiger partial charge in [-0.2, -0.15) is 5.10 Å². The van der Waals surface area contributed by atoms with Gasteiger partial charge in [-0.05, 0) is 25.1 Å². The molecular formula is C19H25N5O3S. The molecule has 0 unspecified atom stereocenters. The molecular weight excluding hydrogens is 378 g/mol. The molecule has 0 aliphatic carbocycles. The van der Waals surface area contributed by atoms with Crippen molar-refractivity contribution < 1.29 is 13.5 Å². The van der Waals surface area contributed by atoms with Crippen molar-refractivity contribution in [2.24, 2.45) is 0 Å². The van der Waals surface area contributed by atoms with E-state index in [2.05, 4.69) is 25.8 Å². The second-order valence-corrected chi connectivity index (χ2v) is 7.55. The molecule has 8 nitrogen and oxygen atoms in total. The van der Waals surface area contributed by atoms with E-state index in [-0.39, 0.29) is 22.9 Å². The molecule has 2 heterocycles. The van der Waals surface area contributed by atoms with Crippen LogP contribution in [0.4, 0.5) is 17.5 Å². The van der Waals surface area contributed by atoms with E-state index >= 15 is 0 Å². The topological polar surface area (TPSA) is 120 Å². The van der Waals surface area contributed by atoms with Crippen molar-refractivity contribution in [3.05, 3.63) is 54.2 Å². The first-order valence-corrected chi connectivity index (χ1v) is 10.4. The Balaban J connectivity index is 0.00000136. The highest BCUT2D eigenvalue weighted by Crippen LogP contribution is 2.26. The molecule has 0 saturated heterocycles. The molecule has 2 aromatic heterocycles. The summed E-state index contributed by atoms with van der Waals surface area (Å²) in [6, 6.07) is 12.9. The monoisotopic (exact) mass is 403 g/mol. The minimum Gasteiger partial charge on any atom is -0.395 e. The zero-order chi connectivity index (χ0) is 20.6. The predicted molar refractivity (Wildman–Crippen MR) is 110 cm³/mol. The highest BCUT2D eigenvalue weighted by molar-refractivity contribution is 7.91. The number of rotatable bonds is 7. The molecule has 9 heteroatoms. The maximum absolute atomic E-state index is 12.9. The Kier molecular flexibility index (Phi) is 7.53. The van der Waals surface area contributed by atoms with Gasteiger partial charge >= 0.3 is 0 Å². The van der Waals surface area contributed by atoms with Gasteiger partial charge in [-0.25, -0.2) is 13.4 Å². The maximum atomic E-state index is 12.9. The minimum atomic E-state index is -3.71. The zero-order valence-electron chi connectivity index (χ0n) is 16.1. The van der Waals surface area contributed by atoms with Crippen LogP contribution in [0.25, 0.3) is 0 Å². The molecule has 0 fully saturated rings. The molecule has 4 N–H and O–H groups in total. The lowest BCUT2D eigenvalue weighted by Gasteiger charge is -2.11. The quantitative estimate of drug-likeness (QED) is 0.478. The molecule has 0 saturated carbocycles. The Morgan fingerprint density at radius 2 is 1.68 bits per heavy atom. The van der Waals surface area contributed by atoms with Crippen LogP contribution in [0.3, 0.4) is 0 Å². The molecule has 28 heavy (non-hydrogen) atoms. The summed E-state index contributed by atoms with van der Waals surface area (Å²) in [6.07, 6.45) is 0. The number of benzene rings is 1. The van der Waals surface area contributed by atoms with Crippen molar-refractivity contribution in [1.82, 2.24) is 15.2 Å². The van der Waals surface area contributed by atoms with E-state index in [9.17, 15) is 8.42 Å². The fourth-order valence-corrected chi connectivity index (χ4v) is 3.67. The van der Waals surface area contributed by atoms with E-state index in [0.29, 0.717) is 17.5 Å². The van der Waals surface area contributed by atoms with Crippen LogP contribution in [0.5, 0.6) is 0 Å². The average molecular weight is 404 g/mol. The van der Waals surface area contributed by atoms with Crippen LogP contribution >= 0.6 is 0 Å². The lowest BCUT2D eigenvalue weighted by atomic mass is 10.4. The summed E-state index contributed by atoms with van der Waals surface area (Å²) in [5, 5.41) is 21.8. The Morgan fingerprint density at radius 1 is 1.00 bits per heavy atom. The third-order valence-electron chi connectivity index (χ3n) is 3.54. The van der Waals surface area contributed by atoms with E-state index < -0.39 is 9.84 Å². The first-order valence-electron chi connectivity index (χ1n) is 8.95. The average Bonchev–Trinajstić information content (AvgIpc) is 3.13. The number of aliphatic hydroxyl groups is 1. The van der Waals surface area contributed by atoms with Crippen LogP contribution < -0.4 is 10.6 Å². The number of anilines is 3. The normalized spacial score (nSPS) is 10.7. The van der Waals surface area contributed by atoms with Crippen LogP contribution in [0.2, 0.25) is 0 Å². The Hall–Kier alpha value is -2.91. The number of sulfone groups is 1. The molecule has 3 aromatic rings. The second-order valence-electron chi connectivity index (χ2n) is 5.60. The van der Waals surface area contributed by atoms with Gasteiger partial charge in [-0.15, -0.1) is 0 Å². The van der Waals surface area contributed by atoms with Gasteiger partial charge in [-0.3, -0.25) is 5.10 Å². The number of nitrogens with zero attached hydrogens (tertiary/aromatic N) is 2. The SMILES string of the molecule is CC.Cc1cc(Nc2cc(S(=O)(=O)c3ccccc3)cc(NCCO)n2)n[nH]1. The highest BCUT2D eigenvalue weighted by atomic mass is 32.2. The van der Waals surface area contributed by atoms with Crippen molar-refractivity contribution in [2.75, 3.05) is 23.8 Å². The van der Waals surface area contributed by atoms with Crippen LogP contribution in [-0.4, -0.2) is 41.9 Å². The number of pyridine rings is 1. The number of aromatic amines is 1. The summed E-state index contributed by atoms with van der Waals surface area (Å²) in [5.41, 5.74) is 0.860. The van der Waals surface area contributed by atoms with Gasteiger partial charge in [0.2, 0.25) is 9.84 Å². The van der Waals surface area contributed by atoms with Gasteiger partial charge in [0.1, 0.15) is 11.6 Å². The Bertz CT molecular complexity index is 988. The van der Waals surface area contributed by atoms with Crippen molar-refractivity contribution in [2.45, 2.75) is 30.6 Å². The number of hydrogen-bond acceptors (Lipinski definition) is 7. The number of hydrogen-bond donors (Lipinski definition) is 4. The summed E-state index contributed by atoms with van der Waals surface area (Å²) in [5.74, 6) is 1.19. The summed E-state index contributed by atoms with van der Waals surface area (Å²) < 4.78 is 25.8. The molecule has 150 valence electrons. The molecule has 3 rings (SSSR count). The Labute approximate surface area is 165 Å². The molecule has 0 spiro atoms. The summed E-state index contributed by atoms with van der Waals surface area (Å²) >= 11 is 0. The molecule has 0 aliphatic rings. The fraction of sp³-hybridized carbons (Fsp3) is 0.263. The van der Waals surface area contributed by atoms with Crippen molar-refractivity contribution in [3.8, 4) is 0 Å². The zero-order valence-corrected chi connectivity index (χ0v) is 16.9. The van der Waals surface area contributed by atoms with Crippen molar-refractivity contribution in [3.63, 3.8) is 0 Å². The molecule has 0 aliphatic heterocycles. The van der Waals surface area contributed by atoms with E-state index in [0.717, 1.165) is 5.69 Å². The minimum absolute atomic E-state index is 0.0916. The molecule has 0 bridgehead atoms. The van der Waals surface area contributed by atoms with Crippen molar-refractivity contribution >= 4 is 27.3 Å². The van der Waals surface area contributed by atoms with E-state index in [4.69, 9.17) is 5.11 Å². The number of aromatic nitrogens is 3. The summed E-state index contributed by atoms with van der Waals surface area (Å²) in [7, 11) is -3.71. The summed E-state index contributed by atoms with van der Waals surface area (Å²) in [4.78, 5) is 4.62. The standard InChI is InChI=1S/C17H19N5O3S.C2H6/c1-12-9-17(22-21-12)20-16-11-14(10-15(19-16)18-7-8-23)26(24,25)13-5-3-2-4-6-13;1-2/h2-6,9-11,23H,7-8H2,1H3,(H3,18,19,20,21,22);1-2H3. The Morgan fingerprint density at radius 3 is 2.29 bits per heavy atom. The van der Waals surface area contributed by atoms with Gasteiger partial charge in [0.15, 0.2) is 5.82 Å². The number of H-pyrrole nitrogens is 1. The van der Waals surface area contributed by atoms with Gasteiger partial charge in [0.05, 0.1) is 16.4 Å². The first-order chi connectivity index (χ1) is 13.5.